The molecule has 0 radical (unpaired) electrons. The molecule has 5 heteroatoms. The lowest BCUT2D eigenvalue weighted by atomic mass is 10.2. The van der Waals surface area contributed by atoms with Crippen molar-refractivity contribution in [3.8, 4) is 0 Å². The van der Waals surface area contributed by atoms with E-state index in [1.54, 1.807) is 19.1 Å². The minimum atomic E-state index is -0.546. The Bertz CT molecular complexity index is 410. The Kier molecular flexibility index (Phi) is 5.58. The molecule has 0 heterocycles. The number of benzene rings is 1. The Morgan fingerprint density at radius 1 is 1.50 bits per heavy atom. The third-order valence-corrected chi connectivity index (χ3v) is 2.55. The van der Waals surface area contributed by atoms with Crippen LogP contribution in [-0.2, 0) is 0 Å². The molecular formula is C13H19FN2O2. The number of hydrogen-bond donors (Lipinski definition) is 3. The summed E-state index contributed by atoms with van der Waals surface area (Å²) in [5.74, 6) is -0.362. The molecule has 1 rings (SSSR count). The molecule has 0 fully saturated rings. The van der Waals surface area contributed by atoms with Gasteiger partial charge in [-0.15, -0.1) is 0 Å². The van der Waals surface area contributed by atoms with E-state index in [0.29, 0.717) is 17.7 Å². The summed E-state index contributed by atoms with van der Waals surface area (Å²) >= 11 is 0. The number of rotatable bonds is 5. The number of aliphatic hydroxyl groups excluding tert-OH is 1. The molecule has 1 aromatic carbocycles. The van der Waals surface area contributed by atoms with Gasteiger partial charge >= 0.3 is 6.03 Å². The number of nitrogens with one attached hydrogen (secondary N) is 2. The van der Waals surface area contributed by atoms with Gasteiger partial charge in [0.05, 0.1) is 6.10 Å². The van der Waals surface area contributed by atoms with Crippen molar-refractivity contribution in [3.05, 3.63) is 29.6 Å². The first-order valence-corrected chi connectivity index (χ1v) is 6.02. The fourth-order valence-corrected chi connectivity index (χ4v) is 1.49. The highest BCUT2D eigenvalue weighted by Crippen LogP contribution is 2.13. The first-order valence-electron chi connectivity index (χ1n) is 6.02. The third kappa shape index (κ3) is 4.71. The lowest BCUT2D eigenvalue weighted by Gasteiger charge is -2.12. The van der Waals surface area contributed by atoms with Gasteiger partial charge in [0.25, 0.3) is 0 Å². The van der Waals surface area contributed by atoms with Crippen LogP contribution in [0.5, 0.6) is 0 Å². The van der Waals surface area contributed by atoms with E-state index in [-0.39, 0.29) is 12.4 Å². The van der Waals surface area contributed by atoms with Crippen molar-refractivity contribution in [2.24, 2.45) is 0 Å². The van der Waals surface area contributed by atoms with Gasteiger partial charge < -0.3 is 15.7 Å². The van der Waals surface area contributed by atoms with Crippen molar-refractivity contribution in [1.82, 2.24) is 5.32 Å². The third-order valence-electron chi connectivity index (χ3n) is 2.55. The van der Waals surface area contributed by atoms with Crippen LogP contribution >= 0.6 is 0 Å². The number of anilines is 1. The number of hydrogen-bond acceptors (Lipinski definition) is 2. The lowest BCUT2D eigenvalue weighted by Crippen LogP contribution is -2.35. The molecule has 3 N–H and O–H groups in total. The minimum Gasteiger partial charge on any atom is -0.391 e. The molecule has 0 aliphatic heterocycles. The molecule has 1 unspecified atom stereocenters. The van der Waals surface area contributed by atoms with Crippen LogP contribution in [-0.4, -0.2) is 23.8 Å². The maximum absolute atomic E-state index is 13.2. The summed E-state index contributed by atoms with van der Waals surface area (Å²) in [6.45, 7) is 3.80. The Morgan fingerprint density at radius 3 is 2.83 bits per heavy atom. The van der Waals surface area contributed by atoms with Crippen LogP contribution in [0.3, 0.4) is 0 Å². The molecule has 0 saturated carbocycles. The van der Waals surface area contributed by atoms with E-state index in [1.165, 1.54) is 6.07 Å². The van der Waals surface area contributed by atoms with Crippen molar-refractivity contribution in [1.29, 1.82) is 0 Å². The molecule has 2 amide bonds. The second-order valence-corrected chi connectivity index (χ2v) is 4.24. The number of carbonyl (C=O) groups excluding carboxylic acids is 1. The van der Waals surface area contributed by atoms with Crippen LogP contribution < -0.4 is 10.6 Å². The monoisotopic (exact) mass is 254 g/mol. The van der Waals surface area contributed by atoms with Gasteiger partial charge in [-0.2, -0.15) is 0 Å². The van der Waals surface area contributed by atoms with Crippen molar-refractivity contribution in [2.75, 3.05) is 11.9 Å². The smallest absolute Gasteiger partial charge is 0.319 e. The van der Waals surface area contributed by atoms with Crippen molar-refractivity contribution in [3.63, 3.8) is 0 Å². The number of aliphatic hydroxyl groups is 1. The number of amides is 2. The first kappa shape index (κ1) is 14.4. The molecule has 18 heavy (non-hydrogen) atoms. The van der Waals surface area contributed by atoms with Gasteiger partial charge in [-0.05, 0) is 31.0 Å². The number of aryl methyl sites for hydroxylation is 1. The predicted octanol–water partition coefficient (Wildman–Crippen LogP) is 2.42. The van der Waals surface area contributed by atoms with Gasteiger partial charge in [0, 0.05) is 12.2 Å². The van der Waals surface area contributed by atoms with Crippen LogP contribution in [0.4, 0.5) is 14.9 Å². The standard InChI is InChI=1S/C13H19FN2O2/c1-3-4-11(17)8-15-13(18)16-10-6-5-9(2)12(14)7-10/h5-7,11,17H,3-4,8H2,1-2H3,(H2,15,16,18). The summed E-state index contributed by atoms with van der Waals surface area (Å²) in [5.41, 5.74) is 0.917. The zero-order valence-corrected chi connectivity index (χ0v) is 10.7. The molecule has 0 aliphatic rings. The van der Waals surface area contributed by atoms with Crippen molar-refractivity contribution >= 4 is 11.7 Å². The molecule has 0 bridgehead atoms. The fourth-order valence-electron chi connectivity index (χ4n) is 1.49. The summed E-state index contributed by atoms with van der Waals surface area (Å²) in [7, 11) is 0. The van der Waals surface area contributed by atoms with Gasteiger partial charge in [0.15, 0.2) is 0 Å². The molecule has 0 spiro atoms. The van der Waals surface area contributed by atoms with Crippen LogP contribution in [0.1, 0.15) is 25.3 Å². The molecule has 100 valence electrons. The predicted molar refractivity (Wildman–Crippen MR) is 69.1 cm³/mol. The van der Waals surface area contributed by atoms with Crippen LogP contribution in [0.15, 0.2) is 18.2 Å². The first-order chi connectivity index (χ1) is 8.52. The molecule has 1 aromatic rings. The second-order valence-electron chi connectivity index (χ2n) is 4.24. The highest BCUT2D eigenvalue weighted by atomic mass is 19.1. The van der Waals surface area contributed by atoms with Gasteiger partial charge in [-0.25, -0.2) is 9.18 Å². The zero-order valence-electron chi connectivity index (χ0n) is 10.7. The van der Waals surface area contributed by atoms with E-state index in [2.05, 4.69) is 10.6 Å². The fraction of sp³-hybridized carbons (Fsp3) is 0.462. The Labute approximate surface area is 106 Å². The molecule has 0 aromatic heterocycles. The average Bonchev–Trinajstić information content (AvgIpc) is 2.32. The van der Waals surface area contributed by atoms with E-state index < -0.39 is 12.1 Å². The number of carbonyl (C=O) groups is 1. The Morgan fingerprint density at radius 2 is 2.22 bits per heavy atom. The van der Waals surface area contributed by atoms with Crippen LogP contribution in [0.25, 0.3) is 0 Å². The quantitative estimate of drug-likeness (QED) is 0.755. The van der Waals surface area contributed by atoms with E-state index in [0.717, 1.165) is 6.42 Å². The lowest BCUT2D eigenvalue weighted by molar-refractivity contribution is 0.162. The number of halogens is 1. The molecule has 4 nitrogen and oxygen atoms in total. The molecule has 1 atom stereocenters. The van der Waals surface area contributed by atoms with Gasteiger partial charge in [0.2, 0.25) is 0 Å². The Hall–Kier alpha value is -1.62. The van der Waals surface area contributed by atoms with Crippen molar-refractivity contribution < 1.29 is 14.3 Å². The van der Waals surface area contributed by atoms with Crippen molar-refractivity contribution in [2.45, 2.75) is 32.8 Å². The highest BCUT2D eigenvalue weighted by molar-refractivity contribution is 5.89. The number of urea groups is 1. The molecule has 0 aliphatic carbocycles. The normalized spacial score (nSPS) is 12.0. The van der Waals surface area contributed by atoms with E-state index in [9.17, 15) is 14.3 Å². The minimum absolute atomic E-state index is 0.189. The summed E-state index contributed by atoms with van der Waals surface area (Å²) in [4.78, 5) is 11.5. The maximum atomic E-state index is 13.2. The van der Waals surface area contributed by atoms with E-state index in [4.69, 9.17) is 0 Å². The van der Waals surface area contributed by atoms with E-state index >= 15 is 0 Å². The molecule has 0 saturated heterocycles. The molecular weight excluding hydrogens is 235 g/mol. The Balaban J connectivity index is 2.42. The summed E-state index contributed by atoms with van der Waals surface area (Å²) in [6, 6.07) is 4.03. The topological polar surface area (TPSA) is 61.4 Å². The summed E-state index contributed by atoms with van der Waals surface area (Å²) < 4.78 is 13.2. The van der Waals surface area contributed by atoms with Crippen LogP contribution in [0, 0.1) is 12.7 Å². The average molecular weight is 254 g/mol. The van der Waals surface area contributed by atoms with E-state index in [1.807, 2.05) is 6.92 Å². The van der Waals surface area contributed by atoms with Gasteiger partial charge in [-0.1, -0.05) is 19.4 Å². The van der Waals surface area contributed by atoms with Gasteiger partial charge in [0.1, 0.15) is 5.82 Å². The SMILES string of the molecule is CCCC(O)CNC(=O)Nc1ccc(C)c(F)c1. The maximum Gasteiger partial charge on any atom is 0.319 e. The summed E-state index contributed by atoms with van der Waals surface area (Å²) in [6.07, 6.45) is 0.947. The zero-order chi connectivity index (χ0) is 13.5. The second kappa shape index (κ2) is 6.96. The van der Waals surface area contributed by atoms with Crippen LogP contribution in [0.2, 0.25) is 0 Å². The largest absolute Gasteiger partial charge is 0.391 e. The van der Waals surface area contributed by atoms with Gasteiger partial charge in [-0.3, -0.25) is 0 Å². The summed E-state index contributed by atoms with van der Waals surface area (Å²) in [5, 5.41) is 14.5. The highest BCUT2D eigenvalue weighted by Gasteiger charge is 2.07.